The van der Waals surface area contributed by atoms with Gasteiger partial charge in [0, 0.05) is 5.54 Å². The first-order valence-electron chi connectivity index (χ1n) is 7.50. The van der Waals surface area contributed by atoms with Gasteiger partial charge >= 0.3 is 0 Å². The summed E-state index contributed by atoms with van der Waals surface area (Å²) in [5, 5.41) is 3.37. The molecule has 5 rings (SSSR count). The van der Waals surface area contributed by atoms with Crippen LogP contribution in [0.15, 0.2) is 16.7 Å². The minimum absolute atomic E-state index is 0.0631. The van der Waals surface area contributed by atoms with Crippen LogP contribution in [0, 0.1) is 24.7 Å². The van der Waals surface area contributed by atoms with Crippen LogP contribution >= 0.6 is 0 Å². The van der Waals surface area contributed by atoms with Gasteiger partial charge in [-0.15, -0.1) is 0 Å². The maximum Gasteiger partial charge on any atom is 0.255 e. The molecule has 0 unspecified atom stereocenters. The topological polar surface area (TPSA) is 42.2 Å². The van der Waals surface area contributed by atoms with Gasteiger partial charge < -0.3 is 9.73 Å². The van der Waals surface area contributed by atoms with E-state index in [0.717, 1.165) is 23.5 Å². The van der Waals surface area contributed by atoms with Gasteiger partial charge in [-0.2, -0.15) is 0 Å². The van der Waals surface area contributed by atoms with Crippen molar-refractivity contribution in [1.82, 2.24) is 5.32 Å². The summed E-state index contributed by atoms with van der Waals surface area (Å²) >= 11 is 0. The highest BCUT2D eigenvalue weighted by molar-refractivity contribution is 5.95. The largest absolute Gasteiger partial charge is 0.469 e. The SMILES string of the molecule is Cc1occc1C(=O)NC12CC3CC(CC(C3)C1)C2. The molecule has 4 aliphatic carbocycles. The van der Waals surface area contributed by atoms with Crippen LogP contribution in [0.4, 0.5) is 0 Å². The molecule has 4 saturated carbocycles. The average molecular weight is 259 g/mol. The predicted octanol–water partition coefficient (Wildman–Crippen LogP) is 3.29. The monoisotopic (exact) mass is 259 g/mol. The molecular formula is C16H21NO2. The van der Waals surface area contributed by atoms with Gasteiger partial charge in [0.2, 0.25) is 0 Å². The first-order chi connectivity index (χ1) is 9.13. The summed E-state index contributed by atoms with van der Waals surface area (Å²) in [6.45, 7) is 1.86. The molecule has 1 heterocycles. The molecule has 0 aromatic carbocycles. The Morgan fingerprint density at radius 2 is 1.79 bits per heavy atom. The highest BCUT2D eigenvalue weighted by Crippen LogP contribution is 2.55. The summed E-state index contributed by atoms with van der Waals surface area (Å²) in [5.41, 5.74) is 0.797. The standard InChI is InChI=1S/C16H21NO2/c1-10-14(2-3-19-10)15(18)17-16-7-11-4-12(8-16)6-13(5-11)9-16/h2-3,11-13H,4-9H2,1H3,(H,17,18). The van der Waals surface area contributed by atoms with E-state index in [0.29, 0.717) is 5.56 Å². The first kappa shape index (κ1) is 11.6. The Bertz CT molecular complexity index is 481. The van der Waals surface area contributed by atoms with E-state index in [9.17, 15) is 4.79 Å². The number of nitrogens with one attached hydrogen (secondary N) is 1. The Kier molecular flexibility index (Phi) is 2.36. The van der Waals surface area contributed by atoms with Crippen molar-refractivity contribution in [3.63, 3.8) is 0 Å². The van der Waals surface area contributed by atoms with Crippen LogP contribution in [-0.4, -0.2) is 11.4 Å². The zero-order chi connectivity index (χ0) is 13.0. The minimum atomic E-state index is 0.0631. The summed E-state index contributed by atoms with van der Waals surface area (Å²) in [6.07, 6.45) is 9.40. The summed E-state index contributed by atoms with van der Waals surface area (Å²) < 4.78 is 5.25. The summed E-state index contributed by atoms with van der Waals surface area (Å²) in [7, 11) is 0. The van der Waals surface area contributed by atoms with E-state index in [1.54, 1.807) is 12.3 Å². The van der Waals surface area contributed by atoms with E-state index in [4.69, 9.17) is 4.42 Å². The number of hydrogen-bond acceptors (Lipinski definition) is 2. The number of carbonyl (C=O) groups is 1. The van der Waals surface area contributed by atoms with Crippen molar-refractivity contribution in [1.29, 1.82) is 0 Å². The number of aryl methyl sites for hydroxylation is 1. The lowest BCUT2D eigenvalue weighted by molar-refractivity contribution is -0.0167. The van der Waals surface area contributed by atoms with Crippen LogP contribution in [-0.2, 0) is 0 Å². The number of rotatable bonds is 2. The Hall–Kier alpha value is -1.25. The summed E-state index contributed by atoms with van der Waals surface area (Å²) in [6, 6.07) is 1.78. The predicted molar refractivity (Wildman–Crippen MR) is 71.8 cm³/mol. The smallest absolute Gasteiger partial charge is 0.255 e. The molecule has 4 fully saturated rings. The molecule has 0 spiro atoms. The maximum atomic E-state index is 12.4. The Morgan fingerprint density at radius 1 is 1.21 bits per heavy atom. The van der Waals surface area contributed by atoms with E-state index in [-0.39, 0.29) is 11.4 Å². The van der Waals surface area contributed by atoms with Gasteiger partial charge in [0.05, 0.1) is 11.8 Å². The second kappa shape index (κ2) is 3.87. The molecule has 19 heavy (non-hydrogen) atoms. The number of carbonyl (C=O) groups excluding carboxylic acids is 1. The molecule has 0 aliphatic heterocycles. The molecule has 102 valence electrons. The molecule has 4 bridgehead atoms. The zero-order valence-electron chi connectivity index (χ0n) is 11.4. The van der Waals surface area contributed by atoms with E-state index >= 15 is 0 Å². The van der Waals surface area contributed by atoms with Crippen molar-refractivity contribution in [2.24, 2.45) is 17.8 Å². The second-order valence-corrected chi connectivity index (χ2v) is 7.04. The Morgan fingerprint density at radius 3 is 2.26 bits per heavy atom. The molecular weight excluding hydrogens is 238 g/mol. The van der Waals surface area contributed by atoms with Crippen molar-refractivity contribution >= 4 is 5.91 Å². The van der Waals surface area contributed by atoms with Crippen molar-refractivity contribution in [2.75, 3.05) is 0 Å². The molecule has 1 amide bonds. The Labute approximate surface area is 113 Å². The van der Waals surface area contributed by atoms with Gasteiger partial charge in [-0.05, 0) is 69.3 Å². The van der Waals surface area contributed by atoms with E-state index in [2.05, 4.69) is 5.32 Å². The van der Waals surface area contributed by atoms with Crippen LogP contribution in [0.2, 0.25) is 0 Å². The van der Waals surface area contributed by atoms with Gasteiger partial charge in [-0.1, -0.05) is 0 Å². The van der Waals surface area contributed by atoms with Crippen molar-refractivity contribution in [2.45, 2.75) is 51.0 Å². The van der Waals surface area contributed by atoms with E-state index < -0.39 is 0 Å². The third-order valence-electron chi connectivity index (χ3n) is 5.52. The summed E-state index contributed by atoms with van der Waals surface area (Å²) in [5.74, 6) is 3.36. The fourth-order valence-electron chi connectivity index (χ4n) is 5.19. The average Bonchev–Trinajstić information content (AvgIpc) is 2.72. The van der Waals surface area contributed by atoms with Gasteiger partial charge in [-0.25, -0.2) is 0 Å². The molecule has 0 atom stereocenters. The third kappa shape index (κ3) is 1.82. The minimum Gasteiger partial charge on any atom is -0.469 e. The van der Waals surface area contributed by atoms with Crippen molar-refractivity contribution in [3.05, 3.63) is 23.7 Å². The van der Waals surface area contributed by atoms with Gasteiger partial charge in [-0.3, -0.25) is 4.79 Å². The molecule has 1 aromatic rings. The van der Waals surface area contributed by atoms with Gasteiger partial charge in [0.15, 0.2) is 0 Å². The van der Waals surface area contributed by atoms with Crippen LogP contribution in [0.3, 0.4) is 0 Å². The fourth-order valence-corrected chi connectivity index (χ4v) is 5.19. The van der Waals surface area contributed by atoms with E-state index in [1.165, 1.54) is 38.5 Å². The molecule has 3 nitrogen and oxygen atoms in total. The summed E-state index contributed by atoms with van der Waals surface area (Å²) in [4.78, 5) is 12.4. The van der Waals surface area contributed by atoms with Crippen LogP contribution in [0.25, 0.3) is 0 Å². The lowest BCUT2D eigenvalue weighted by Gasteiger charge is -2.56. The number of amides is 1. The van der Waals surface area contributed by atoms with Gasteiger partial charge in [0.25, 0.3) is 5.91 Å². The lowest BCUT2D eigenvalue weighted by atomic mass is 9.53. The molecule has 4 aliphatic rings. The van der Waals surface area contributed by atoms with Gasteiger partial charge in [0.1, 0.15) is 5.76 Å². The molecule has 0 saturated heterocycles. The van der Waals surface area contributed by atoms with Crippen LogP contribution < -0.4 is 5.32 Å². The van der Waals surface area contributed by atoms with E-state index in [1.807, 2.05) is 6.92 Å². The third-order valence-corrected chi connectivity index (χ3v) is 5.52. The first-order valence-corrected chi connectivity index (χ1v) is 7.50. The second-order valence-electron chi connectivity index (χ2n) is 7.04. The van der Waals surface area contributed by atoms with Crippen LogP contribution in [0.1, 0.15) is 54.6 Å². The highest BCUT2D eigenvalue weighted by atomic mass is 16.3. The Balaban J connectivity index is 1.56. The molecule has 1 aromatic heterocycles. The lowest BCUT2D eigenvalue weighted by Crippen LogP contribution is -2.59. The van der Waals surface area contributed by atoms with Crippen molar-refractivity contribution < 1.29 is 9.21 Å². The normalized spacial score (nSPS) is 39.5. The highest BCUT2D eigenvalue weighted by Gasteiger charge is 2.51. The fraction of sp³-hybridized carbons (Fsp3) is 0.688. The molecule has 1 N–H and O–H groups in total. The zero-order valence-corrected chi connectivity index (χ0v) is 11.4. The number of hydrogen-bond donors (Lipinski definition) is 1. The maximum absolute atomic E-state index is 12.4. The van der Waals surface area contributed by atoms with Crippen molar-refractivity contribution in [3.8, 4) is 0 Å². The molecule has 3 heteroatoms. The quantitative estimate of drug-likeness (QED) is 0.885. The number of furan rings is 1. The molecule has 0 radical (unpaired) electrons. The van der Waals surface area contributed by atoms with Crippen LogP contribution in [0.5, 0.6) is 0 Å².